The highest BCUT2D eigenvalue weighted by Crippen LogP contribution is 2.34. The lowest BCUT2D eigenvalue weighted by Crippen LogP contribution is -2.33. The molecule has 0 radical (unpaired) electrons. The molecule has 0 N–H and O–H groups in total. The van der Waals surface area contributed by atoms with Gasteiger partial charge in [0, 0.05) is 25.2 Å². The summed E-state index contributed by atoms with van der Waals surface area (Å²) in [5.41, 5.74) is 4.11. The molecular weight excluding hydrogens is 350 g/mol. The van der Waals surface area contributed by atoms with Gasteiger partial charge in [-0.2, -0.15) is 0 Å². The molecule has 6 heteroatoms. The van der Waals surface area contributed by atoms with Crippen LogP contribution in [0.15, 0.2) is 60.9 Å². The summed E-state index contributed by atoms with van der Waals surface area (Å²) >= 11 is 0. The van der Waals surface area contributed by atoms with Crippen molar-refractivity contribution >= 4 is 38.5 Å². The molecule has 0 aliphatic heterocycles. The van der Waals surface area contributed by atoms with Gasteiger partial charge in [0.25, 0.3) is 0 Å². The fourth-order valence-corrected chi connectivity index (χ4v) is 3.71. The molecule has 6 nitrogen and oxygen atoms in total. The molecule has 0 saturated carbocycles. The monoisotopic (exact) mass is 369 g/mol. The highest BCUT2D eigenvalue weighted by atomic mass is 16.3. The maximum atomic E-state index is 13.2. The van der Waals surface area contributed by atoms with Crippen molar-refractivity contribution in [1.82, 2.24) is 14.5 Å². The summed E-state index contributed by atoms with van der Waals surface area (Å²) in [7, 11) is 5.95. The van der Waals surface area contributed by atoms with Crippen molar-refractivity contribution < 1.29 is 9.67 Å². The summed E-state index contributed by atoms with van der Waals surface area (Å²) < 4.78 is 3.92. The summed E-state index contributed by atoms with van der Waals surface area (Å²) in [4.78, 5) is 11.5. The molecule has 0 saturated heterocycles. The topological polar surface area (TPSA) is 60.9 Å². The molecule has 0 amide bonds. The first-order chi connectivity index (χ1) is 13.5. The number of aromatic nitrogens is 4. The van der Waals surface area contributed by atoms with Gasteiger partial charge in [0.1, 0.15) is 0 Å². The van der Waals surface area contributed by atoms with Crippen LogP contribution in [0.1, 0.15) is 0 Å². The molecule has 0 unspecified atom stereocenters. The summed E-state index contributed by atoms with van der Waals surface area (Å²) in [6, 6.07) is 15.3. The Morgan fingerprint density at radius 3 is 2.36 bits per heavy atom. The summed E-state index contributed by atoms with van der Waals surface area (Å²) in [5.74, 6) is 0.745. The van der Waals surface area contributed by atoms with E-state index in [9.17, 15) is 5.11 Å². The van der Waals surface area contributed by atoms with E-state index in [2.05, 4.69) is 4.98 Å². The fourth-order valence-electron chi connectivity index (χ4n) is 3.71. The summed E-state index contributed by atoms with van der Waals surface area (Å²) in [6.07, 6.45) is 3.95. The van der Waals surface area contributed by atoms with Crippen molar-refractivity contribution in [2.75, 3.05) is 19.0 Å². The van der Waals surface area contributed by atoms with Gasteiger partial charge in [-0.05, 0) is 35.7 Å². The van der Waals surface area contributed by atoms with Crippen molar-refractivity contribution in [2.24, 2.45) is 7.05 Å². The largest absolute Gasteiger partial charge is 0.871 e. The zero-order valence-electron chi connectivity index (χ0n) is 15.9. The molecule has 3 aromatic heterocycles. The molecule has 5 rings (SSSR count). The van der Waals surface area contributed by atoms with Crippen LogP contribution in [-0.2, 0) is 7.05 Å². The number of hydrogen-bond acceptors (Lipinski definition) is 4. The van der Waals surface area contributed by atoms with Crippen LogP contribution in [0.4, 0.5) is 5.69 Å². The van der Waals surface area contributed by atoms with Gasteiger partial charge in [-0.3, -0.25) is 0 Å². The second-order valence-corrected chi connectivity index (χ2v) is 7.11. The summed E-state index contributed by atoms with van der Waals surface area (Å²) in [6.45, 7) is 0. The maximum absolute atomic E-state index is 13.2. The number of fused-ring (bicyclic) bond motifs is 4. The average Bonchev–Trinajstić information content (AvgIpc) is 3.05. The number of aryl methyl sites for hydroxylation is 1. The van der Waals surface area contributed by atoms with Crippen LogP contribution in [0, 0.1) is 0 Å². The third-order valence-corrected chi connectivity index (χ3v) is 5.17. The molecule has 0 bridgehead atoms. The van der Waals surface area contributed by atoms with Gasteiger partial charge in [-0.1, -0.05) is 28.9 Å². The van der Waals surface area contributed by atoms with Crippen molar-refractivity contribution in [1.29, 1.82) is 0 Å². The molecular formula is C22H19N5O. The Morgan fingerprint density at radius 1 is 0.893 bits per heavy atom. The van der Waals surface area contributed by atoms with Crippen LogP contribution in [-0.4, -0.2) is 28.6 Å². The number of nitrogens with zero attached hydrogens (tertiary/aromatic N) is 5. The third kappa shape index (κ3) is 2.31. The van der Waals surface area contributed by atoms with Gasteiger partial charge in [0.2, 0.25) is 0 Å². The Labute approximate surface area is 161 Å². The van der Waals surface area contributed by atoms with Gasteiger partial charge in [0.05, 0.1) is 30.5 Å². The lowest BCUT2D eigenvalue weighted by molar-refractivity contribution is -0.604. The SMILES string of the molecule is CN(C)c1cc[n+](-c2nc3ccc4nc5ccccc5c([O-])c4c3n2C)cc1. The van der Waals surface area contributed by atoms with Crippen LogP contribution in [0.2, 0.25) is 0 Å². The molecule has 0 spiro atoms. The van der Waals surface area contributed by atoms with E-state index in [4.69, 9.17) is 4.98 Å². The van der Waals surface area contributed by atoms with Gasteiger partial charge in [-0.25, -0.2) is 14.1 Å². The Hall–Kier alpha value is -3.67. The normalized spacial score (nSPS) is 11.5. The minimum absolute atomic E-state index is 0.00583. The Morgan fingerprint density at radius 2 is 1.61 bits per heavy atom. The van der Waals surface area contributed by atoms with E-state index in [-0.39, 0.29) is 5.75 Å². The molecule has 138 valence electrons. The van der Waals surface area contributed by atoms with Gasteiger partial charge in [-0.15, -0.1) is 0 Å². The number of anilines is 1. The number of benzene rings is 2. The van der Waals surface area contributed by atoms with Crippen LogP contribution < -0.4 is 14.6 Å². The molecule has 28 heavy (non-hydrogen) atoms. The van der Waals surface area contributed by atoms with Crippen LogP contribution in [0.25, 0.3) is 38.8 Å². The van der Waals surface area contributed by atoms with E-state index in [1.54, 1.807) is 0 Å². The predicted octanol–water partition coefficient (Wildman–Crippen LogP) is 2.69. The second-order valence-electron chi connectivity index (χ2n) is 7.11. The van der Waals surface area contributed by atoms with E-state index in [0.29, 0.717) is 16.3 Å². The number of hydrogen-bond donors (Lipinski definition) is 0. The minimum atomic E-state index is -0.00583. The van der Waals surface area contributed by atoms with E-state index in [0.717, 1.165) is 28.2 Å². The number of imidazole rings is 1. The van der Waals surface area contributed by atoms with E-state index in [1.165, 1.54) is 0 Å². The lowest BCUT2D eigenvalue weighted by Gasteiger charge is -2.14. The van der Waals surface area contributed by atoms with Crippen molar-refractivity contribution in [2.45, 2.75) is 0 Å². The highest BCUT2D eigenvalue weighted by molar-refractivity contribution is 6.12. The van der Waals surface area contributed by atoms with Crippen molar-refractivity contribution in [3.8, 4) is 11.7 Å². The molecule has 3 heterocycles. The zero-order chi connectivity index (χ0) is 19.4. The molecule has 0 atom stereocenters. The first-order valence-electron chi connectivity index (χ1n) is 9.08. The lowest BCUT2D eigenvalue weighted by atomic mass is 10.1. The quantitative estimate of drug-likeness (QED) is 0.355. The highest BCUT2D eigenvalue weighted by Gasteiger charge is 2.21. The minimum Gasteiger partial charge on any atom is -0.871 e. The third-order valence-electron chi connectivity index (χ3n) is 5.17. The van der Waals surface area contributed by atoms with Crippen LogP contribution in [0.3, 0.4) is 0 Å². The number of rotatable bonds is 2. The van der Waals surface area contributed by atoms with Crippen molar-refractivity contribution in [3.05, 3.63) is 60.9 Å². The Bertz CT molecular complexity index is 1350. The molecule has 5 aromatic rings. The van der Waals surface area contributed by atoms with Gasteiger partial charge in [0.15, 0.2) is 11.0 Å². The van der Waals surface area contributed by atoms with Gasteiger partial charge >= 0.3 is 5.95 Å². The Kier molecular flexibility index (Phi) is 3.49. The summed E-state index contributed by atoms with van der Waals surface area (Å²) in [5, 5.41) is 14.5. The first kappa shape index (κ1) is 16.5. The predicted molar refractivity (Wildman–Crippen MR) is 109 cm³/mol. The number of para-hydroxylation sites is 1. The standard InChI is InChI=1S/C22H19N5O/c1-25(2)14-10-12-27(13-11-14)22-24-18-9-8-17-19(20(18)26(22)3)21(28)15-6-4-5-7-16(15)23-17/h4-13H,1-3H3. The zero-order valence-corrected chi connectivity index (χ0v) is 15.9. The second kappa shape index (κ2) is 5.92. The molecule has 0 aliphatic carbocycles. The average molecular weight is 369 g/mol. The molecule has 0 aliphatic rings. The number of pyridine rings is 2. The Balaban J connectivity index is 1.81. The van der Waals surface area contributed by atoms with Crippen molar-refractivity contribution in [3.63, 3.8) is 0 Å². The molecule has 2 aromatic carbocycles. The molecule has 0 fully saturated rings. The van der Waals surface area contributed by atoms with E-state index in [1.807, 2.05) is 96.1 Å². The first-order valence-corrected chi connectivity index (χ1v) is 9.08. The van der Waals surface area contributed by atoms with Gasteiger partial charge < -0.3 is 10.0 Å². The maximum Gasteiger partial charge on any atom is 0.404 e. The van der Waals surface area contributed by atoms with Crippen LogP contribution >= 0.6 is 0 Å². The smallest absolute Gasteiger partial charge is 0.404 e. The van der Waals surface area contributed by atoms with Crippen LogP contribution in [0.5, 0.6) is 5.75 Å². The fraction of sp³-hybridized carbons (Fsp3) is 0.136. The van der Waals surface area contributed by atoms with E-state index >= 15 is 0 Å². The van der Waals surface area contributed by atoms with E-state index < -0.39 is 0 Å².